The van der Waals surface area contributed by atoms with Crippen LogP contribution in [-0.2, 0) is 11.3 Å². The number of hydrogen-bond acceptors (Lipinski definition) is 4. The first-order valence-corrected chi connectivity index (χ1v) is 8.05. The summed E-state index contributed by atoms with van der Waals surface area (Å²) >= 11 is 0. The maximum absolute atomic E-state index is 12.4. The quantitative estimate of drug-likeness (QED) is 0.884. The third kappa shape index (κ3) is 3.59. The summed E-state index contributed by atoms with van der Waals surface area (Å²) in [5.74, 6) is 1.28. The van der Waals surface area contributed by atoms with Crippen molar-refractivity contribution in [1.82, 2.24) is 15.1 Å². The second-order valence-electron chi connectivity index (χ2n) is 5.67. The molecule has 6 nitrogen and oxygen atoms in total. The Balaban J connectivity index is 1.69. The SMILES string of the molecule is CCOc1cccc2c1OCC(C(=O)N[C@@H](C)Cn1cccn1)=C2. The molecule has 0 radical (unpaired) electrons. The molecule has 1 atom stereocenters. The van der Waals surface area contributed by atoms with Gasteiger partial charge < -0.3 is 14.8 Å². The zero-order valence-corrected chi connectivity index (χ0v) is 13.9. The topological polar surface area (TPSA) is 65.4 Å². The van der Waals surface area contributed by atoms with E-state index in [9.17, 15) is 4.79 Å². The number of rotatable bonds is 6. The Bertz CT molecular complexity index is 738. The maximum Gasteiger partial charge on any atom is 0.250 e. The lowest BCUT2D eigenvalue weighted by molar-refractivity contribution is -0.118. The Labute approximate surface area is 141 Å². The van der Waals surface area contributed by atoms with Crippen molar-refractivity contribution < 1.29 is 14.3 Å². The van der Waals surface area contributed by atoms with E-state index < -0.39 is 0 Å². The third-order valence-corrected chi connectivity index (χ3v) is 3.70. The van der Waals surface area contributed by atoms with Gasteiger partial charge in [-0.3, -0.25) is 9.48 Å². The summed E-state index contributed by atoms with van der Waals surface area (Å²) in [4.78, 5) is 12.4. The molecule has 1 aromatic carbocycles. The molecule has 2 heterocycles. The van der Waals surface area contributed by atoms with Crippen LogP contribution in [0.15, 0.2) is 42.2 Å². The van der Waals surface area contributed by atoms with E-state index in [2.05, 4.69) is 10.4 Å². The molecule has 24 heavy (non-hydrogen) atoms. The molecular weight excluding hydrogens is 306 g/mol. The number of carbonyl (C=O) groups excluding carboxylic acids is 1. The maximum atomic E-state index is 12.4. The normalized spacial score (nSPS) is 14.2. The van der Waals surface area contributed by atoms with Gasteiger partial charge in [-0.25, -0.2) is 0 Å². The molecule has 0 fully saturated rings. The van der Waals surface area contributed by atoms with Gasteiger partial charge in [0, 0.05) is 24.0 Å². The van der Waals surface area contributed by atoms with Gasteiger partial charge in [0.1, 0.15) is 6.61 Å². The highest BCUT2D eigenvalue weighted by Crippen LogP contribution is 2.35. The van der Waals surface area contributed by atoms with Crippen LogP contribution in [0.3, 0.4) is 0 Å². The Hall–Kier alpha value is -2.76. The number of ether oxygens (including phenoxy) is 2. The van der Waals surface area contributed by atoms with Crippen LogP contribution in [0.4, 0.5) is 0 Å². The second kappa shape index (κ2) is 7.21. The zero-order chi connectivity index (χ0) is 16.9. The van der Waals surface area contributed by atoms with E-state index in [1.807, 2.05) is 50.4 Å². The predicted molar refractivity (Wildman–Crippen MR) is 90.9 cm³/mol. The Kier molecular flexibility index (Phi) is 4.84. The van der Waals surface area contributed by atoms with Gasteiger partial charge in [0.2, 0.25) is 0 Å². The van der Waals surface area contributed by atoms with Crippen molar-refractivity contribution in [1.29, 1.82) is 0 Å². The van der Waals surface area contributed by atoms with Crippen LogP contribution >= 0.6 is 0 Å². The molecule has 1 aliphatic rings. The average Bonchev–Trinajstić information content (AvgIpc) is 3.07. The lowest BCUT2D eigenvalue weighted by Crippen LogP contribution is -2.38. The second-order valence-corrected chi connectivity index (χ2v) is 5.67. The molecule has 0 bridgehead atoms. The number of carbonyl (C=O) groups is 1. The molecular formula is C18H21N3O3. The minimum atomic E-state index is -0.123. The van der Waals surface area contributed by atoms with Crippen molar-refractivity contribution >= 4 is 12.0 Å². The van der Waals surface area contributed by atoms with Crippen molar-refractivity contribution in [3.8, 4) is 11.5 Å². The van der Waals surface area contributed by atoms with Crippen LogP contribution in [0.25, 0.3) is 6.08 Å². The molecule has 0 aliphatic carbocycles. The molecule has 1 aromatic heterocycles. The van der Waals surface area contributed by atoms with Gasteiger partial charge in [-0.2, -0.15) is 5.10 Å². The predicted octanol–water partition coefficient (Wildman–Crippen LogP) is 2.26. The summed E-state index contributed by atoms with van der Waals surface area (Å²) in [6.45, 7) is 5.31. The molecule has 1 aliphatic heterocycles. The number of aromatic nitrogens is 2. The van der Waals surface area contributed by atoms with Crippen LogP contribution in [-0.4, -0.2) is 34.9 Å². The van der Waals surface area contributed by atoms with E-state index in [1.54, 1.807) is 10.9 Å². The van der Waals surface area contributed by atoms with Crippen molar-refractivity contribution in [2.24, 2.45) is 0 Å². The van der Waals surface area contributed by atoms with Gasteiger partial charge in [0.05, 0.1) is 18.7 Å². The van der Waals surface area contributed by atoms with E-state index >= 15 is 0 Å². The Morgan fingerprint density at radius 3 is 3.08 bits per heavy atom. The van der Waals surface area contributed by atoms with Gasteiger partial charge >= 0.3 is 0 Å². The van der Waals surface area contributed by atoms with Crippen LogP contribution in [0, 0.1) is 0 Å². The number of nitrogens with zero attached hydrogens (tertiary/aromatic N) is 2. The Morgan fingerprint density at radius 2 is 2.33 bits per heavy atom. The molecule has 1 amide bonds. The molecule has 0 unspecified atom stereocenters. The van der Waals surface area contributed by atoms with Gasteiger partial charge in [-0.1, -0.05) is 12.1 Å². The first-order valence-electron chi connectivity index (χ1n) is 8.05. The average molecular weight is 327 g/mol. The molecule has 0 spiro atoms. The summed E-state index contributed by atoms with van der Waals surface area (Å²) in [6.07, 6.45) is 5.45. The minimum Gasteiger partial charge on any atom is -0.490 e. The van der Waals surface area contributed by atoms with Crippen molar-refractivity contribution in [2.75, 3.05) is 13.2 Å². The highest BCUT2D eigenvalue weighted by atomic mass is 16.5. The molecule has 2 aromatic rings. The van der Waals surface area contributed by atoms with Crippen LogP contribution in [0.2, 0.25) is 0 Å². The number of hydrogen-bond donors (Lipinski definition) is 1. The molecule has 1 N–H and O–H groups in total. The standard InChI is InChI=1S/C18H21N3O3/c1-3-23-16-7-4-6-14-10-15(12-24-17(14)16)18(22)20-13(2)11-21-9-5-8-19-21/h4-10,13H,3,11-12H2,1-2H3,(H,20,22)/t13-/m0/s1. The number of nitrogens with one attached hydrogen (secondary N) is 1. The van der Waals surface area contributed by atoms with Gasteiger partial charge in [0.25, 0.3) is 5.91 Å². The van der Waals surface area contributed by atoms with E-state index in [-0.39, 0.29) is 18.6 Å². The lowest BCUT2D eigenvalue weighted by atomic mass is 10.1. The number of fused-ring (bicyclic) bond motifs is 1. The van der Waals surface area contributed by atoms with Gasteiger partial charge in [-0.05, 0) is 32.1 Å². The fraction of sp³-hybridized carbons (Fsp3) is 0.333. The van der Waals surface area contributed by atoms with Crippen LogP contribution in [0.5, 0.6) is 11.5 Å². The summed E-state index contributed by atoms with van der Waals surface area (Å²) in [5.41, 5.74) is 1.46. The molecule has 3 rings (SSSR count). The van der Waals surface area contributed by atoms with Gasteiger partial charge in [0.15, 0.2) is 11.5 Å². The molecule has 0 saturated carbocycles. The van der Waals surface area contributed by atoms with Crippen LogP contribution < -0.4 is 14.8 Å². The highest BCUT2D eigenvalue weighted by Gasteiger charge is 2.21. The Morgan fingerprint density at radius 1 is 1.46 bits per heavy atom. The fourth-order valence-corrected chi connectivity index (χ4v) is 2.63. The van der Waals surface area contributed by atoms with E-state index in [4.69, 9.17) is 9.47 Å². The van der Waals surface area contributed by atoms with Gasteiger partial charge in [-0.15, -0.1) is 0 Å². The third-order valence-electron chi connectivity index (χ3n) is 3.70. The van der Waals surface area contributed by atoms with Crippen molar-refractivity contribution in [2.45, 2.75) is 26.4 Å². The largest absolute Gasteiger partial charge is 0.490 e. The monoisotopic (exact) mass is 327 g/mol. The number of amides is 1. The van der Waals surface area contributed by atoms with Crippen LogP contribution in [0.1, 0.15) is 19.4 Å². The summed E-state index contributed by atoms with van der Waals surface area (Å²) in [6, 6.07) is 7.50. The van der Waals surface area contributed by atoms with E-state index in [0.717, 1.165) is 5.56 Å². The molecule has 0 saturated heterocycles. The summed E-state index contributed by atoms with van der Waals surface area (Å²) < 4.78 is 13.1. The van der Waals surface area contributed by atoms with E-state index in [0.29, 0.717) is 30.2 Å². The number of benzene rings is 1. The molecule has 126 valence electrons. The van der Waals surface area contributed by atoms with Crippen molar-refractivity contribution in [3.05, 3.63) is 47.8 Å². The first kappa shape index (κ1) is 16.1. The number of para-hydroxylation sites is 1. The van der Waals surface area contributed by atoms with Crippen molar-refractivity contribution in [3.63, 3.8) is 0 Å². The minimum absolute atomic E-state index is 0.0329. The smallest absolute Gasteiger partial charge is 0.250 e. The lowest BCUT2D eigenvalue weighted by Gasteiger charge is -2.21. The van der Waals surface area contributed by atoms with E-state index in [1.165, 1.54) is 0 Å². The highest BCUT2D eigenvalue weighted by molar-refractivity contribution is 5.99. The molecule has 6 heteroatoms. The summed E-state index contributed by atoms with van der Waals surface area (Å²) in [7, 11) is 0. The first-order chi connectivity index (χ1) is 11.7. The fourth-order valence-electron chi connectivity index (χ4n) is 2.63. The zero-order valence-electron chi connectivity index (χ0n) is 13.9. The summed E-state index contributed by atoms with van der Waals surface area (Å²) in [5, 5.41) is 7.12.